The summed E-state index contributed by atoms with van der Waals surface area (Å²) in [5.41, 5.74) is 0. The molecule has 2 aliphatic heterocycles. The molecule has 2 saturated heterocycles. The van der Waals surface area contributed by atoms with Crippen LogP contribution in [0.3, 0.4) is 0 Å². The van der Waals surface area contributed by atoms with E-state index in [0.29, 0.717) is 6.42 Å². The van der Waals surface area contributed by atoms with E-state index in [-0.39, 0.29) is 18.0 Å². The molecule has 0 saturated carbocycles. The number of ketones is 1. The van der Waals surface area contributed by atoms with Gasteiger partial charge in [-0.1, -0.05) is 58.3 Å². The molecule has 3 heteroatoms. The average molecular weight is 282 g/mol. The van der Waals surface area contributed by atoms with Crippen LogP contribution in [0.25, 0.3) is 0 Å². The number of ether oxygens (including phenoxy) is 2. The predicted molar refractivity (Wildman–Crippen MR) is 79.6 cm³/mol. The second-order valence-corrected chi connectivity index (χ2v) is 6.56. The maximum atomic E-state index is 11.8. The van der Waals surface area contributed by atoms with Gasteiger partial charge in [-0.3, -0.25) is 4.79 Å². The molecule has 2 fully saturated rings. The molecular weight excluding hydrogens is 252 g/mol. The van der Waals surface area contributed by atoms with E-state index in [1.165, 1.54) is 44.9 Å². The van der Waals surface area contributed by atoms with Crippen molar-refractivity contribution < 1.29 is 14.3 Å². The molecule has 2 bridgehead atoms. The Labute approximate surface area is 123 Å². The molecule has 0 aromatic heterocycles. The van der Waals surface area contributed by atoms with Crippen molar-refractivity contribution in [2.75, 3.05) is 0 Å². The highest BCUT2D eigenvalue weighted by Crippen LogP contribution is 2.39. The highest BCUT2D eigenvalue weighted by Gasteiger charge is 2.50. The fourth-order valence-corrected chi connectivity index (χ4v) is 3.33. The summed E-state index contributed by atoms with van der Waals surface area (Å²) in [6, 6.07) is 0. The molecule has 0 aromatic carbocycles. The lowest BCUT2D eigenvalue weighted by Crippen LogP contribution is -2.37. The number of carbonyl (C=O) groups excluding carboxylic acids is 1. The molecule has 0 N–H and O–H groups in total. The zero-order valence-corrected chi connectivity index (χ0v) is 13.2. The number of hydrogen-bond acceptors (Lipinski definition) is 3. The SMILES string of the molecule is CCCCCCCCCCC1OC2(C)CCC(=O)C1O2. The van der Waals surface area contributed by atoms with Gasteiger partial charge in [0.25, 0.3) is 0 Å². The molecule has 2 aliphatic rings. The molecule has 0 amide bonds. The molecule has 2 rings (SSSR count). The summed E-state index contributed by atoms with van der Waals surface area (Å²) in [5, 5.41) is 0. The van der Waals surface area contributed by atoms with Crippen LogP contribution in [-0.2, 0) is 14.3 Å². The van der Waals surface area contributed by atoms with E-state index in [1.54, 1.807) is 0 Å². The van der Waals surface area contributed by atoms with Crippen molar-refractivity contribution in [2.45, 2.75) is 102 Å². The molecule has 3 unspecified atom stereocenters. The van der Waals surface area contributed by atoms with Gasteiger partial charge in [-0.15, -0.1) is 0 Å². The molecule has 0 spiro atoms. The molecular formula is C17H30O3. The zero-order chi connectivity index (χ0) is 14.4. The first-order chi connectivity index (χ1) is 9.64. The standard InChI is InChI=1S/C17H30O3/c1-3-4-5-6-7-8-9-10-11-15-16-14(18)12-13-17(2,19-15)20-16/h15-16H,3-13H2,1-2H3. The third-order valence-electron chi connectivity index (χ3n) is 4.60. The summed E-state index contributed by atoms with van der Waals surface area (Å²) in [7, 11) is 0. The van der Waals surface area contributed by atoms with E-state index in [0.717, 1.165) is 19.3 Å². The second kappa shape index (κ2) is 7.56. The Morgan fingerprint density at radius 1 is 1.05 bits per heavy atom. The third-order valence-corrected chi connectivity index (χ3v) is 4.60. The topological polar surface area (TPSA) is 35.5 Å². The molecule has 3 nitrogen and oxygen atoms in total. The Morgan fingerprint density at radius 2 is 1.70 bits per heavy atom. The Kier molecular flexibility index (Phi) is 6.03. The molecule has 0 aromatic rings. The van der Waals surface area contributed by atoms with Gasteiger partial charge in [-0.2, -0.15) is 0 Å². The maximum absolute atomic E-state index is 11.8. The van der Waals surface area contributed by atoms with Gasteiger partial charge >= 0.3 is 0 Å². The molecule has 0 aliphatic carbocycles. The predicted octanol–water partition coefficient (Wildman–Crippen LogP) is 4.38. The van der Waals surface area contributed by atoms with E-state index in [1.807, 2.05) is 6.92 Å². The Hall–Kier alpha value is -0.410. The van der Waals surface area contributed by atoms with Crippen LogP contribution in [0.4, 0.5) is 0 Å². The summed E-state index contributed by atoms with van der Waals surface area (Å²) in [5.74, 6) is -0.242. The fourth-order valence-electron chi connectivity index (χ4n) is 3.33. The minimum Gasteiger partial charge on any atom is -0.344 e. The summed E-state index contributed by atoms with van der Waals surface area (Å²) >= 11 is 0. The van der Waals surface area contributed by atoms with E-state index in [9.17, 15) is 4.79 Å². The molecule has 0 radical (unpaired) electrons. The lowest BCUT2D eigenvalue weighted by molar-refractivity contribution is -0.183. The van der Waals surface area contributed by atoms with E-state index < -0.39 is 5.79 Å². The highest BCUT2D eigenvalue weighted by molar-refractivity contribution is 5.84. The number of Topliss-reactive ketones (excluding diaryl/α,β-unsaturated/α-hetero) is 1. The number of fused-ring (bicyclic) bond motifs is 2. The van der Waals surface area contributed by atoms with Crippen LogP contribution in [0.1, 0.15) is 84.5 Å². The molecule has 116 valence electrons. The van der Waals surface area contributed by atoms with Crippen LogP contribution in [0.5, 0.6) is 0 Å². The quantitative estimate of drug-likeness (QED) is 0.589. The fraction of sp³-hybridized carbons (Fsp3) is 0.941. The first-order valence-electron chi connectivity index (χ1n) is 8.53. The van der Waals surface area contributed by atoms with Crippen LogP contribution in [0.2, 0.25) is 0 Å². The van der Waals surface area contributed by atoms with Crippen molar-refractivity contribution in [1.82, 2.24) is 0 Å². The second-order valence-electron chi connectivity index (χ2n) is 6.56. The number of hydrogen-bond donors (Lipinski definition) is 0. The number of unbranched alkanes of at least 4 members (excludes halogenated alkanes) is 7. The van der Waals surface area contributed by atoms with Crippen molar-refractivity contribution in [2.24, 2.45) is 0 Å². The normalized spacial score (nSPS) is 32.8. The van der Waals surface area contributed by atoms with Crippen molar-refractivity contribution in [1.29, 1.82) is 0 Å². The first-order valence-corrected chi connectivity index (χ1v) is 8.53. The Balaban J connectivity index is 1.57. The minimum atomic E-state index is -0.483. The van der Waals surface area contributed by atoms with Crippen LogP contribution < -0.4 is 0 Å². The van der Waals surface area contributed by atoms with E-state index >= 15 is 0 Å². The van der Waals surface area contributed by atoms with Gasteiger partial charge in [-0.25, -0.2) is 0 Å². The molecule has 3 atom stereocenters. The monoisotopic (exact) mass is 282 g/mol. The van der Waals surface area contributed by atoms with Gasteiger partial charge in [0.2, 0.25) is 0 Å². The number of rotatable bonds is 9. The van der Waals surface area contributed by atoms with Crippen LogP contribution in [0, 0.1) is 0 Å². The summed E-state index contributed by atoms with van der Waals surface area (Å²) in [4.78, 5) is 11.8. The van der Waals surface area contributed by atoms with Gasteiger partial charge < -0.3 is 9.47 Å². The van der Waals surface area contributed by atoms with Gasteiger partial charge in [0.1, 0.15) is 6.10 Å². The zero-order valence-electron chi connectivity index (χ0n) is 13.2. The van der Waals surface area contributed by atoms with Gasteiger partial charge in [0.15, 0.2) is 11.6 Å². The summed E-state index contributed by atoms with van der Waals surface area (Å²) in [6.07, 6.45) is 12.5. The minimum absolute atomic E-state index is 0.00934. The van der Waals surface area contributed by atoms with E-state index in [2.05, 4.69) is 6.92 Å². The largest absolute Gasteiger partial charge is 0.344 e. The Morgan fingerprint density at radius 3 is 2.40 bits per heavy atom. The lowest BCUT2D eigenvalue weighted by Gasteiger charge is -2.26. The molecule has 20 heavy (non-hydrogen) atoms. The maximum Gasteiger partial charge on any atom is 0.167 e. The van der Waals surface area contributed by atoms with Crippen molar-refractivity contribution in [3.05, 3.63) is 0 Å². The van der Waals surface area contributed by atoms with Crippen LogP contribution >= 0.6 is 0 Å². The average Bonchev–Trinajstić information content (AvgIpc) is 2.71. The highest BCUT2D eigenvalue weighted by atomic mass is 16.8. The first kappa shape index (κ1) is 16.0. The van der Waals surface area contributed by atoms with Crippen LogP contribution in [0.15, 0.2) is 0 Å². The van der Waals surface area contributed by atoms with Crippen molar-refractivity contribution in [3.63, 3.8) is 0 Å². The van der Waals surface area contributed by atoms with Crippen molar-refractivity contribution in [3.8, 4) is 0 Å². The van der Waals surface area contributed by atoms with Gasteiger partial charge in [0.05, 0.1) is 6.10 Å². The van der Waals surface area contributed by atoms with Gasteiger partial charge in [-0.05, 0) is 13.3 Å². The number of carbonyl (C=O) groups is 1. The Bertz CT molecular complexity index is 315. The smallest absolute Gasteiger partial charge is 0.167 e. The van der Waals surface area contributed by atoms with E-state index in [4.69, 9.17) is 9.47 Å². The van der Waals surface area contributed by atoms with Crippen LogP contribution in [-0.4, -0.2) is 23.8 Å². The third kappa shape index (κ3) is 4.29. The molecule has 2 heterocycles. The lowest BCUT2D eigenvalue weighted by atomic mass is 9.98. The summed E-state index contributed by atoms with van der Waals surface area (Å²) in [6.45, 7) is 4.22. The van der Waals surface area contributed by atoms with Crippen molar-refractivity contribution >= 4 is 5.78 Å². The summed E-state index contributed by atoms with van der Waals surface area (Å²) < 4.78 is 11.7. The van der Waals surface area contributed by atoms with Gasteiger partial charge in [0, 0.05) is 12.8 Å².